The van der Waals surface area contributed by atoms with Gasteiger partial charge in [0.05, 0.1) is 12.3 Å². The maximum atomic E-state index is 12.0. The largest absolute Gasteiger partial charge is 0.394 e. The Bertz CT molecular complexity index is 606. The van der Waals surface area contributed by atoms with Crippen molar-refractivity contribution < 1.29 is 24.9 Å². The number of aliphatic hydroxyl groups excluding tert-OH is 3. The molecule has 0 aliphatic carbocycles. The minimum Gasteiger partial charge on any atom is -0.394 e. The summed E-state index contributed by atoms with van der Waals surface area (Å²) in [6.07, 6.45) is -4.60. The summed E-state index contributed by atoms with van der Waals surface area (Å²) in [6, 6.07) is -0.822. The van der Waals surface area contributed by atoms with Crippen LogP contribution in [0.4, 0.5) is 0 Å². The van der Waals surface area contributed by atoms with Crippen LogP contribution in [0.2, 0.25) is 0 Å². The molecule has 5 N–H and O–H groups in total. The van der Waals surface area contributed by atoms with E-state index in [0.717, 1.165) is 0 Å². The van der Waals surface area contributed by atoms with Crippen LogP contribution in [0.3, 0.4) is 0 Å². The molecule has 0 radical (unpaired) electrons. The Kier molecular flexibility index (Phi) is 3.69. The van der Waals surface area contributed by atoms with Crippen LogP contribution in [-0.2, 0) is 9.53 Å². The van der Waals surface area contributed by atoms with Gasteiger partial charge < -0.3 is 25.0 Å². The zero-order valence-electron chi connectivity index (χ0n) is 11.5. The van der Waals surface area contributed by atoms with Gasteiger partial charge in [0.2, 0.25) is 5.96 Å². The molecule has 10 heteroatoms. The number of hydrogen-bond acceptors (Lipinski definition) is 7. The van der Waals surface area contributed by atoms with Crippen molar-refractivity contribution in [2.75, 3.05) is 13.7 Å². The first-order valence-electron chi connectivity index (χ1n) is 6.60. The quantitative estimate of drug-likeness (QED) is 0.362. The molecule has 1 amide bonds. The van der Waals surface area contributed by atoms with Crippen LogP contribution in [0.25, 0.3) is 0 Å². The second kappa shape index (κ2) is 5.28. The molecule has 0 aromatic rings. The van der Waals surface area contributed by atoms with Gasteiger partial charge in [-0.15, -0.1) is 0 Å². The number of fused-ring (bicyclic) bond motifs is 1. The Hall–Kier alpha value is -1.52. The van der Waals surface area contributed by atoms with Crippen LogP contribution in [0, 0.1) is 5.41 Å². The van der Waals surface area contributed by atoms with E-state index in [1.807, 2.05) is 0 Å². The van der Waals surface area contributed by atoms with Crippen LogP contribution in [0.15, 0.2) is 15.7 Å². The first-order valence-corrected chi connectivity index (χ1v) is 6.98. The average Bonchev–Trinajstić information content (AvgIpc) is 2.87. The van der Waals surface area contributed by atoms with Gasteiger partial charge >= 0.3 is 0 Å². The summed E-state index contributed by atoms with van der Waals surface area (Å²) in [5, 5.41) is 39.1. The van der Waals surface area contributed by atoms with Gasteiger partial charge in [-0.1, -0.05) is 11.6 Å². The van der Waals surface area contributed by atoms with Gasteiger partial charge in [-0.25, -0.2) is 4.99 Å². The van der Waals surface area contributed by atoms with E-state index in [4.69, 9.17) is 26.9 Å². The zero-order valence-corrected chi connectivity index (χ0v) is 12.3. The maximum absolute atomic E-state index is 12.0. The molecule has 0 saturated carbocycles. The molecule has 1 saturated heterocycles. The van der Waals surface area contributed by atoms with Crippen LogP contribution in [0.5, 0.6) is 0 Å². The number of carbonyl (C=O) groups is 1. The summed E-state index contributed by atoms with van der Waals surface area (Å²) >= 11 is 6.24. The number of ether oxygens (including phenoxy) is 1. The van der Waals surface area contributed by atoms with Crippen LogP contribution < -0.4 is 5.32 Å². The third kappa shape index (κ3) is 2.05. The van der Waals surface area contributed by atoms with E-state index in [1.165, 1.54) is 4.90 Å². The minimum atomic E-state index is -1.32. The highest BCUT2D eigenvalue weighted by Crippen LogP contribution is 2.37. The molecule has 3 heterocycles. The molecule has 1 fully saturated rings. The van der Waals surface area contributed by atoms with Gasteiger partial charge in [0.1, 0.15) is 29.6 Å². The van der Waals surface area contributed by atoms with Gasteiger partial charge in [0, 0.05) is 12.6 Å². The topological polar surface area (TPSA) is 138 Å². The van der Waals surface area contributed by atoms with E-state index in [1.54, 1.807) is 7.05 Å². The first kappa shape index (κ1) is 15.4. The molecule has 5 atom stereocenters. The maximum Gasteiger partial charge on any atom is 0.255 e. The zero-order chi connectivity index (χ0) is 16.2. The van der Waals surface area contributed by atoms with Crippen molar-refractivity contribution in [3.63, 3.8) is 0 Å². The number of aliphatic imine (C=N–C) groups is 1. The Morgan fingerprint density at radius 3 is 2.73 bits per heavy atom. The lowest BCUT2D eigenvalue weighted by molar-refractivity contribution is -0.121. The molecule has 0 spiro atoms. The van der Waals surface area contributed by atoms with Crippen molar-refractivity contribution >= 4 is 29.2 Å². The minimum absolute atomic E-state index is 0.142. The Morgan fingerprint density at radius 2 is 2.14 bits per heavy atom. The molecule has 3 aliphatic rings. The lowest BCUT2D eigenvalue weighted by atomic mass is 9.96. The van der Waals surface area contributed by atoms with E-state index in [2.05, 4.69) is 10.3 Å². The van der Waals surface area contributed by atoms with Gasteiger partial charge in [0.15, 0.2) is 6.04 Å². The highest BCUT2D eigenvalue weighted by molar-refractivity contribution is 6.37. The molecule has 0 aromatic heterocycles. The normalized spacial score (nSPS) is 38.3. The molecule has 3 rings (SSSR count). The number of halogens is 1. The Balaban J connectivity index is 2.02. The van der Waals surface area contributed by atoms with E-state index in [-0.39, 0.29) is 22.4 Å². The van der Waals surface area contributed by atoms with E-state index < -0.39 is 43.0 Å². The van der Waals surface area contributed by atoms with Gasteiger partial charge in [-0.3, -0.25) is 15.5 Å². The summed E-state index contributed by atoms with van der Waals surface area (Å²) in [7, 11) is 1.57. The lowest BCUT2D eigenvalue weighted by Crippen LogP contribution is -2.51. The van der Waals surface area contributed by atoms with Crippen molar-refractivity contribution in [3.05, 3.63) is 10.7 Å². The number of rotatable bonds is 2. The molecule has 22 heavy (non-hydrogen) atoms. The summed E-state index contributed by atoms with van der Waals surface area (Å²) in [5.74, 6) is -0.794. The summed E-state index contributed by atoms with van der Waals surface area (Å²) in [5.41, 5.74) is 0.451. The highest BCUT2D eigenvalue weighted by Gasteiger charge is 2.52. The van der Waals surface area contributed by atoms with Crippen molar-refractivity contribution in [3.8, 4) is 0 Å². The molecule has 120 valence electrons. The van der Waals surface area contributed by atoms with Crippen LogP contribution in [0.1, 0.15) is 0 Å². The fourth-order valence-corrected chi connectivity index (χ4v) is 3.20. The average molecular weight is 331 g/mol. The second-order valence-corrected chi connectivity index (χ2v) is 5.67. The van der Waals surface area contributed by atoms with Crippen LogP contribution in [-0.4, -0.2) is 81.9 Å². The molecular formula is C12H15ClN4O5. The molecule has 0 bridgehead atoms. The SMILES string of the molecule is CN1C(Cl)=C([C@@H]2O[C@H](CO)[C@@H](O)[C@H]2O)C2=NC(=N)NC(=O)C21. The number of carbonyl (C=O) groups excluding carboxylic acids is 1. The predicted octanol–water partition coefficient (Wildman–Crippen LogP) is -2.26. The van der Waals surface area contributed by atoms with Gasteiger partial charge in [-0.2, -0.15) is 0 Å². The third-order valence-electron chi connectivity index (χ3n) is 4.00. The summed E-state index contributed by atoms with van der Waals surface area (Å²) < 4.78 is 5.46. The molecular weight excluding hydrogens is 316 g/mol. The number of hydrogen-bond donors (Lipinski definition) is 5. The number of nitrogens with one attached hydrogen (secondary N) is 2. The Morgan fingerprint density at radius 1 is 1.45 bits per heavy atom. The fraction of sp³-hybridized carbons (Fsp3) is 0.583. The Labute approximate surface area is 130 Å². The van der Waals surface area contributed by atoms with E-state index in [0.29, 0.717) is 0 Å². The van der Waals surface area contributed by atoms with Crippen molar-refractivity contribution in [2.45, 2.75) is 30.5 Å². The van der Waals surface area contributed by atoms with Gasteiger partial charge in [0.25, 0.3) is 5.91 Å². The van der Waals surface area contributed by atoms with Gasteiger partial charge in [-0.05, 0) is 0 Å². The number of aliphatic hydroxyl groups is 3. The number of nitrogens with zero attached hydrogens (tertiary/aromatic N) is 2. The number of guanidine groups is 1. The monoisotopic (exact) mass is 330 g/mol. The first-order chi connectivity index (χ1) is 10.4. The standard InChI is InChI=1S/C12H15ClN4O5/c1-17-6-5(15-12(14)16-11(6)21)4(10(17)13)9-8(20)7(19)3(2-18)22-9/h3,6-9,18-20H,2H2,1H3,(H2,14,16,21)/t3-,6?,7-,8-,9+/m1/s1. The summed E-state index contributed by atoms with van der Waals surface area (Å²) in [6.45, 7) is -0.471. The number of amides is 1. The highest BCUT2D eigenvalue weighted by atomic mass is 35.5. The molecule has 0 aromatic carbocycles. The van der Waals surface area contributed by atoms with Crippen LogP contribution >= 0.6 is 11.6 Å². The third-order valence-corrected chi connectivity index (χ3v) is 4.47. The van der Waals surface area contributed by atoms with E-state index in [9.17, 15) is 15.0 Å². The molecule has 9 nitrogen and oxygen atoms in total. The van der Waals surface area contributed by atoms with E-state index >= 15 is 0 Å². The van der Waals surface area contributed by atoms with Crippen molar-refractivity contribution in [1.82, 2.24) is 10.2 Å². The lowest BCUT2D eigenvalue weighted by Gasteiger charge is -2.25. The molecule has 1 unspecified atom stereocenters. The molecule has 3 aliphatic heterocycles. The fourth-order valence-electron chi connectivity index (χ4n) is 2.90. The second-order valence-electron chi connectivity index (χ2n) is 5.31. The van der Waals surface area contributed by atoms with Crippen molar-refractivity contribution in [1.29, 1.82) is 5.41 Å². The van der Waals surface area contributed by atoms with Crippen molar-refractivity contribution in [2.24, 2.45) is 4.99 Å². The smallest absolute Gasteiger partial charge is 0.255 e. The predicted molar refractivity (Wildman–Crippen MR) is 75.5 cm³/mol. The summed E-state index contributed by atoms with van der Waals surface area (Å²) in [4.78, 5) is 17.4. The number of likely N-dealkylation sites (N-methyl/N-ethyl adjacent to an activating group) is 1.